The van der Waals surface area contributed by atoms with Gasteiger partial charge in [0.15, 0.2) is 10.9 Å². The van der Waals surface area contributed by atoms with E-state index in [9.17, 15) is 9.59 Å². The first-order valence-corrected chi connectivity index (χ1v) is 12.0. The molecule has 1 saturated carbocycles. The van der Waals surface area contributed by atoms with Crippen molar-refractivity contribution >= 4 is 23.5 Å². The molecule has 0 atom stereocenters. The first-order valence-electron chi connectivity index (χ1n) is 11.0. The molecule has 0 saturated heterocycles. The van der Waals surface area contributed by atoms with Crippen molar-refractivity contribution in [3.8, 4) is 0 Å². The quantitative estimate of drug-likeness (QED) is 0.354. The first-order chi connectivity index (χ1) is 14.7. The van der Waals surface area contributed by atoms with Crippen molar-refractivity contribution in [2.24, 2.45) is 0 Å². The molecule has 160 valence electrons. The van der Waals surface area contributed by atoms with Crippen LogP contribution in [0.15, 0.2) is 23.4 Å². The third kappa shape index (κ3) is 4.77. The highest BCUT2D eigenvalue weighted by atomic mass is 32.2. The van der Waals surface area contributed by atoms with Crippen molar-refractivity contribution in [3.05, 3.63) is 40.7 Å². The van der Waals surface area contributed by atoms with Crippen molar-refractivity contribution in [1.29, 1.82) is 0 Å². The number of carbonyl (C=O) groups excluding carboxylic acids is 2. The SMILES string of the molecule is CCOC(=O)Cc1nnc(SCC(=O)c2ccc3c(c2)CCC3)n1C1CCCCC1. The average Bonchev–Trinajstić information content (AvgIpc) is 3.39. The van der Waals surface area contributed by atoms with Gasteiger partial charge in [-0.1, -0.05) is 43.2 Å². The van der Waals surface area contributed by atoms with Gasteiger partial charge in [-0.25, -0.2) is 0 Å². The normalized spacial score (nSPS) is 16.4. The second-order valence-corrected chi connectivity index (χ2v) is 9.03. The van der Waals surface area contributed by atoms with Crippen LogP contribution in [0.25, 0.3) is 0 Å². The van der Waals surface area contributed by atoms with Gasteiger partial charge in [0.2, 0.25) is 0 Å². The summed E-state index contributed by atoms with van der Waals surface area (Å²) >= 11 is 1.43. The third-order valence-corrected chi connectivity index (χ3v) is 6.98. The Morgan fingerprint density at radius 2 is 1.90 bits per heavy atom. The van der Waals surface area contributed by atoms with E-state index in [0.717, 1.165) is 36.4 Å². The van der Waals surface area contributed by atoms with Gasteiger partial charge in [0.25, 0.3) is 0 Å². The smallest absolute Gasteiger partial charge is 0.313 e. The number of hydrogen-bond acceptors (Lipinski definition) is 6. The molecule has 0 bridgehead atoms. The molecule has 1 heterocycles. The van der Waals surface area contributed by atoms with Gasteiger partial charge in [0.1, 0.15) is 12.2 Å². The van der Waals surface area contributed by atoms with Crippen LogP contribution in [0.3, 0.4) is 0 Å². The van der Waals surface area contributed by atoms with Gasteiger partial charge < -0.3 is 9.30 Å². The van der Waals surface area contributed by atoms with Crippen LogP contribution in [0.4, 0.5) is 0 Å². The Kier molecular flexibility index (Phi) is 6.87. The molecule has 4 rings (SSSR count). The number of benzene rings is 1. The number of esters is 1. The Labute approximate surface area is 181 Å². The molecule has 0 spiro atoms. The minimum atomic E-state index is -0.285. The molecule has 2 aliphatic rings. The molecule has 0 unspecified atom stereocenters. The van der Waals surface area contributed by atoms with Crippen LogP contribution in [-0.4, -0.2) is 38.9 Å². The molecule has 1 aromatic carbocycles. The van der Waals surface area contributed by atoms with E-state index in [1.165, 1.54) is 48.6 Å². The Morgan fingerprint density at radius 1 is 1.10 bits per heavy atom. The molecule has 7 heteroatoms. The summed E-state index contributed by atoms with van der Waals surface area (Å²) in [4.78, 5) is 24.9. The van der Waals surface area contributed by atoms with E-state index < -0.39 is 0 Å². The lowest BCUT2D eigenvalue weighted by Crippen LogP contribution is -2.19. The fourth-order valence-electron chi connectivity index (χ4n) is 4.53. The number of ketones is 1. The number of thioether (sulfide) groups is 1. The summed E-state index contributed by atoms with van der Waals surface area (Å²) in [6.07, 6.45) is 9.17. The van der Waals surface area contributed by atoms with Crippen LogP contribution in [0, 0.1) is 0 Å². The largest absolute Gasteiger partial charge is 0.466 e. The summed E-state index contributed by atoms with van der Waals surface area (Å²) in [6, 6.07) is 6.40. The maximum absolute atomic E-state index is 12.8. The molecule has 2 aromatic rings. The van der Waals surface area contributed by atoms with Crippen LogP contribution in [0.5, 0.6) is 0 Å². The highest BCUT2D eigenvalue weighted by molar-refractivity contribution is 7.99. The predicted octanol–water partition coefficient (Wildman–Crippen LogP) is 4.35. The zero-order valence-corrected chi connectivity index (χ0v) is 18.4. The molecule has 1 fully saturated rings. The Morgan fingerprint density at radius 3 is 2.70 bits per heavy atom. The summed E-state index contributed by atoms with van der Waals surface area (Å²) in [6.45, 7) is 2.16. The number of hydrogen-bond donors (Lipinski definition) is 0. The van der Waals surface area contributed by atoms with Gasteiger partial charge in [-0.2, -0.15) is 0 Å². The van der Waals surface area contributed by atoms with Gasteiger partial charge in [0, 0.05) is 11.6 Å². The second-order valence-electron chi connectivity index (χ2n) is 8.09. The predicted molar refractivity (Wildman–Crippen MR) is 116 cm³/mol. The summed E-state index contributed by atoms with van der Waals surface area (Å²) in [5, 5.41) is 9.37. The van der Waals surface area contributed by atoms with Crippen molar-refractivity contribution in [2.75, 3.05) is 12.4 Å². The number of aromatic nitrogens is 3. The van der Waals surface area contributed by atoms with Crippen molar-refractivity contribution < 1.29 is 14.3 Å². The number of nitrogens with zero attached hydrogens (tertiary/aromatic N) is 3. The van der Waals surface area contributed by atoms with E-state index in [1.54, 1.807) is 6.92 Å². The van der Waals surface area contributed by atoms with Crippen LogP contribution in [-0.2, 0) is 28.8 Å². The maximum Gasteiger partial charge on any atom is 0.313 e. The highest BCUT2D eigenvalue weighted by Gasteiger charge is 2.25. The minimum absolute atomic E-state index is 0.111. The molecule has 2 aliphatic carbocycles. The maximum atomic E-state index is 12.8. The summed E-state index contributed by atoms with van der Waals surface area (Å²) in [5.74, 6) is 0.795. The van der Waals surface area contributed by atoms with E-state index in [1.807, 2.05) is 6.07 Å². The second kappa shape index (κ2) is 9.77. The zero-order valence-electron chi connectivity index (χ0n) is 17.6. The lowest BCUT2D eigenvalue weighted by atomic mass is 9.95. The zero-order chi connectivity index (χ0) is 20.9. The number of ether oxygens (including phenoxy) is 1. The number of carbonyl (C=O) groups is 2. The van der Waals surface area contributed by atoms with E-state index in [4.69, 9.17) is 4.74 Å². The molecule has 6 nitrogen and oxygen atoms in total. The van der Waals surface area contributed by atoms with E-state index in [-0.39, 0.29) is 24.2 Å². The van der Waals surface area contributed by atoms with E-state index in [0.29, 0.717) is 18.2 Å². The van der Waals surface area contributed by atoms with Crippen molar-refractivity contribution in [2.45, 2.75) is 75.9 Å². The Balaban J connectivity index is 1.49. The molecule has 0 N–H and O–H groups in total. The van der Waals surface area contributed by atoms with Crippen molar-refractivity contribution in [3.63, 3.8) is 0 Å². The number of fused-ring (bicyclic) bond motifs is 1. The standard InChI is InChI=1S/C23H29N3O3S/c1-2-29-22(28)14-21-24-25-23(26(21)19-9-4-3-5-10-19)30-15-20(27)18-12-11-16-7-6-8-17(16)13-18/h11-13,19H,2-10,14-15H2,1H3. The van der Waals surface area contributed by atoms with Crippen molar-refractivity contribution in [1.82, 2.24) is 14.8 Å². The fraction of sp³-hybridized carbons (Fsp3) is 0.565. The Bertz CT molecular complexity index is 918. The molecule has 1 aromatic heterocycles. The molecule has 30 heavy (non-hydrogen) atoms. The van der Waals surface area contributed by atoms with Crippen LogP contribution in [0.1, 0.15) is 78.8 Å². The lowest BCUT2D eigenvalue weighted by molar-refractivity contribution is -0.142. The average molecular weight is 428 g/mol. The van der Waals surface area contributed by atoms with E-state index >= 15 is 0 Å². The molecular weight excluding hydrogens is 398 g/mol. The van der Waals surface area contributed by atoms with E-state index in [2.05, 4.69) is 26.9 Å². The summed E-state index contributed by atoms with van der Waals surface area (Å²) in [5.41, 5.74) is 3.46. The van der Waals surface area contributed by atoms with Gasteiger partial charge in [0.05, 0.1) is 12.4 Å². The van der Waals surface area contributed by atoms with Crippen LogP contribution >= 0.6 is 11.8 Å². The van der Waals surface area contributed by atoms with Crippen LogP contribution < -0.4 is 0 Å². The third-order valence-electron chi connectivity index (χ3n) is 6.04. The van der Waals surface area contributed by atoms with Crippen LogP contribution in [0.2, 0.25) is 0 Å². The summed E-state index contributed by atoms with van der Waals surface area (Å²) in [7, 11) is 0. The minimum Gasteiger partial charge on any atom is -0.466 e. The number of rotatable bonds is 8. The monoisotopic (exact) mass is 427 g/mol. The lowest BCUT2D eigenvalue weighted by Gasteiger charge is -2.25. The number of aryl methyl sites for hydroxylation is 2. The van der Waals surface area contributed by atoms with Gasteiger partial charge in [-0.05, 0) is 56.2 Å². The summed E-state index contributed by atoms with van der Waals surface area (Å²) < 4.78 is 7.20. The van der Waals surface area contributed by atoms with Gasteiger partial charge >= 0.3 is 5.97 Å². The highest BCUT2D eigenvalue weighted by Crippen LogP contribution is 2.33. The Hall–Kier alpha value is -2.15. The molecule has 0 amide bonds. The number of Topliss-reactive ketones (excluding diaryl/α,β-unsaturated/α-hetero) is 1. The molecule has 0 aliphatic heterocycles. The first kappa shape index (κ1) is 21.1. The molecule has 0 radical (unpaired) electrons. The van der Waals surface area contributed by atoms with Gasteiger partial charge in [-0.15, -0.1) is 10.2 Å². The molecular formula is C23H29N3O3S. The van der Waals surface area contributed by atoms with Gasteiger partial charge in [-0.3, -0.25) is 9.59 Å². The topological polar surface area (TPSA) is 74.1 Å². The fourth-order valence-corrected chi connectivity index (χ4v) is 5.45.